The Morgan fingerprint density at radius 2 is 1.80 bits per heavy atom. The molecule has 9 heteroatoms. The van der Waals surface area contributed by atoms with Crippen LogP contribution in [-0.2, 0) is 4.18 Å². The molecule has 0 radical (unpaired) electrons. The number of hydrogen-bond acceptors (Lipinski definition) is 5. The van der Waals surface area contributed by atoms with Crippen LogP contribution < -0.4 is 3.71 Å². The van der Waals surface area contributed by atoms with Crippen LogP contribution in [0.1, 0.15) is 5.56 Å². The monoisotopic (exact) mass is 362 g/mol. The second-order valence-electron chi connectivity index (χ2n) is 4.08. The van der Waals surface area contributed by atoms with Crippen molar-refractivity contribution >= 4 is 51.8 Å². The molecule has 20 heavy (non-hydrogen) atoms. The van der Waals surface area contributed by atoms with E-state index >= 15 is 0 Å². The first-order valence-electron chi connectivity index (χ1n) is 5.52. The lowest BCUT2D eigenvalue weighted by Gasteiger charge is -2.49. The third-order valence-corrected chi connectivity index (χ3v) is 6.19. The van der Waals surface area contributed by atoms with Crippen molar-refractivity contribution in [2.75, 3.05) is 24.9 Å². The van der Waals surface area contributed by atoms with E-state index < -0.39 is 14.9 Å². The molecule has 1 aromatic carbocycles. The van der Waals surface area contributed by atoms with Gasteiger partial charge in [0.25, 0.3) is 0 Å². The number of rotatable bonds is 6. The standard InChI is InChI=1S/C11H17Cl2FN2O2S2/c1-9-5-7-10(8-6-9)16(19-11(12,13)14)20(17,18-4)15(2)3/h5-8,17H,1-4H3. The van der Waals surface area contributed by atoms with E-state index in [9.17, 15) is 8.94 Å². The Balaban J connectivity index is 3.24. The minimum absolute atomic E-state index is 0.439. The van der Waals surface area contributed by atoms with E-state index in [0.717, 1.165) is 5.56 Å². The molecular weight excluding hydrogens is 346 g/mol. The van der Waals surface area contributed by atoms with Crippen molar-refractivity contribution in [1.29, 1.82) is 0 Å². The Hall–Kier alpha value is 0.110. The minimum atomic E-state index is -2.91. The van der Waals surface area contributed by atoms with Gasteiger partial charge >= 0.3 is 3.92 Å². The minimum Gasteiger partial charge on any atom is -0.268 e. The van der Waals surface area contributed by atoms with Gasteiger partial charge in [0.15, 0.2) is 0 Å². The molecule has 0 aliphatic rings. The number of benzene rings is 1. The number of halogens is 3. The third-order valence-electron chi connectivity index (χ3n) is 2.35. The van der Waals surface area contributed by atoms with E-state index in [2.05, 4.69) is 0 Å². The quantitative estimate of drug-likeness (QED) is 0.584. The van der Waals surface area contributed by atoms with Crippen LogP contribution in [0, 0.1) is 6.92 Å². The normalized spacial score (nSPS) is 16.9. The van der Waals surface area contributed by atoms with Crippen LogP contribution in [0.3, 0.4) is 0 Å². The Labute approximate surface area is 134 Å². The number of hydrogen-bond donors (Lipinski definition) is 1. The molecule has 0 saturated heterocycles. The second-order valence-corrected chi connectivity index (χ2v) is 9.47. The van der Waals surface area contributed by atoms with E-state index in [4.69, 9.17) is 27.4 Å². The molecule has 4 nitrogen and oxygen atoms in total. The summed E-state index contributed by atoms with van der Waals surface area (Å²) in [5.74, 6) is 0. The SMILES string of the molecule is COS(O)(N(C)C)N(SC(F)(Cl)Cl)c1ccc(C)cc1. The summed E-state index contributed by atoms with van der Waals surface area (Å²) in [6.07, 6.45) is 0. The Morgan fingerprint density at radius 3 is 2.15 bits per heavy atom. The second kappa shape index (κ2) is 6.91. The molecular formula is C11H17Cl2FN2O2S2. The summed E-state index contributed by atoms with van der Waals surface area (Å²) in [5, 5.41) is 0. The summed E-state index contributed by atoms with van der Waals surface area (Å²) >= 11 is 11.3. The van der Waals surface area contributed by atoms with Gasteiger partial charge in [0.2, 0.25) is 0 Å². The molecule has 1 atom stereocenters. The Bertz CT molecular complexity index is 445. The van der Waals surface area contributed by atoms with Crippen LogP contribution in [0.2, 0.25) is 0 Å². The van der Waals surface area contributed by atoms with Gasteiger partial charge in [-0.1, -0.05) is 40.9 Å². The van der Waals surface area contributed by atoms with Crippen LogP contribution in [0.25, 0.3) is 0 Å². The van der Waals surface area contributed by atoms with Crippen molar-refractivity contribution in [1.82, 2.24) is 4.31 Å². The summed E-state index contributed by atoms with van der Waals surface area (Å²) in [5.41, 5.74) is 1.56. The summed E-state index contributed by atoms with van der Waals surface area (Å²) in [7, 11) is 1.65. The molecule has 0 heterocycles. The van der Waals surface area contributed by atoms with E-state index in [-0.39, 0.29) is 0 Å². The van der Waals surface area contributed by atoms with Crippen LogP contribution in [0.15, 0.2) is 24.3 Å². The Kier molecular flexibility index (Phi) is 6.28. The summed E-state index contributed by atoms with van der Waals surface area (Å²) < 4.78 is 29.5. The van der Waals surface area contributed by atoms with Gasteiger partial charge in [-0.25, -0.2) is 0 Å². The lowest BCUT2D eigenvalue weighted by Crippen LogP contribution is -2.34. The fraction of sp³-hybridized carbons (Fsp3) is 0.455. The average Bonchev–Trinajstić information content (AvgIpc) is 2.35. The van der Waals surface area contributed by atoms with Gasteiger partial charge in [-0.15, -0.1) is 0 Å². The first kappa shape index (κ1) is 18.2. The van der Waals surface area contributed by atoms with Gasteiger partial charge < -0.3 is 0 Å². The van der Waals surface area contributed by atoms with Crippen LogP contribution in [-0.4, -0.2) is 34.0 Å². The number of anilines is 1. The predicted octanol–water partition coefficient (Wildman–Crippen LogP) is 4.74. The highest BCUT2D eigenvalue weighted by molar-refractivity contribution is 8.33. The first-order valence-corrected chi connectivity index (χ1v) is 8.47. The van der Waals surface area contributed by atoms with Crippen LogP contribution in [0.4, 0.5) is 10.1 Å². The zero-order chi connectivity index (χ0) is 15.6. The fourth-order valence-electron chi connectivity index (χ4n) is 1.36. The zero-order valence-electron chi connectivity index (χ0n) is 11.5. The highest BCUT2D eigenvalue weighted by Gasteiger charge is 2.37. The zero-order valence-corrected chi connectivity index (χ0v) is 14.7. The van der Waals surface area contributed by atoms with Crippen molar-refractivity contribution in [2.45, 2.75) is 10.8 Å². The largest absolute Gasteiger partial charge is 0.325 e. The van der Waals surface area contributed by atoms with Crippen LogP contribution in [0.5, 0.6) is 0 Å². The van der Waals surface area contributed by atoms with E-state index in [1.54, 1.807) is 26.2 Å². The molecule has 0 spiro atoms. The average molecular weight is 363 g/mol. The predicted molar refractivity (Wildman–Crippen MR) is 87.7 cm³/mol. The molecule has 1 aromatic rings. The van der Waals surface area contributed by atoms with E-state index in [1.807, 2.05) is 19.1 Å². The molecule has 1 unspecified atom stereocenters. The topological polar surface area (TPSA) is 35.9 Å². The van der Waals surface area contributed by atoms with Crippen molar-refractivity contribution in [3.63, 3.8) is 0 Å². The molecule has 0 aromatic heterocycles. The molecule has 0 aliphatic carbocycles. The van der Waals surface area contributed by atoms with Crippen molar-refractivity contribution in [3.8, 4) is 0 Å². The number of alkyl halides is 3. The van der Waals surface area contributed by atoms with Gasteiger partial charge in [0, 0.05) is 26.0 Å². The van der Waals surface area contributed by atoms with Crippen molar-refractivity contribution < 1.29 is 13.1 Å². The number of aryl methyl sites for hydroxylation is 1. The summed E-state index contributed by atoms with van der Waals surface area (Å²) in [6, 6.07) is 7.11. The fourth-order valence-corrected chi connectivity index (χ4v) is 4.84. The smallest absolute Gasteiger partial charge is 0.268 e. The summed E-state index contributed by atoms with van der Waals surface area (Å²) in [6.45, 7) is 1.92. The number of nitrogens with zero attached hydrogens (tertiary/aromatic N) is 2. The Morgan fingerprint density at radius 1 is 1.30 bits per heavy atom. The lowest BCUT2D eigenvalue weighted by atomic mass is 10.2. The maximum atomic E-state index is 13.6. The molecule has 0 fully saturated rings. The highest BCUT2D eigenvalue weighted by atomic mass is 35.5. The van der Waals surface area contributed by atoms with Crippen molar-refractivity contribution in [3.05, 3.63) is 29.8 Å². The van der Waals surface area contributed by atoms with Gasteiger partial charge in [0.05, 0.1) is 12.8 Å². The lowest BCUT2D eigenvalue weighted by molar-refractivity contribution is 0.349. The maximum Gasteiger partial charge on any atom is 0.325 e. The third kappa shape index (κ3) is 4.56. The molecule has 0 amide bonds. The molecule has 116 valence electrons. The molecule has 1 rings (SSSR count). The summed E-state index contributed by atoms with van der Waals surface area (Å²) in [4.78, 5) is 0. The molecule has 0 aliphatic heterocycles. The van der Waals surface area contributed by atoms with Crippen LogP contribution >= 0.6 is 46.1 Å². The van der Waals surface area contributed by atoms with Gasteiger partial charge in [0.1, 0.15) is 0 Å². The van der Waals surface area contributed by atoms with E-state index in [0.29, 0.717) is 17.6 Å². The molecule has 0 bridgehead atoms. The van der Waals surface area contributed by atoms with Gasteiger partial charge in [-0.05, 0) is 30.0 Å². The van der Waals surface area contributed by atoms with Gasteiger partial charge in [-0.2, -0.15) is 12.4 Å². The molecule has 0 saturated carbocycles. The van der Waals surface area contributed by atoms with E-state index in [1.165, 1.54) is 15.1 Å². The molecule has 1 N–H and O–H groups in total. The first-order chi connectivity index (χ1) is 9.10. The van der Waals surface area contributed by atoms with Crippen molar-refractivity contribution in [2.24, 2.45) is 0 Å². The maximum absolute atomic E-state index is 13.6. The highest BCUT2D eigenvalue weighted by Crippen LogP contribution is 2.59. The van der Waals surface area contributed by atoms with Gasteiger partial charge in [-0.3, -0.25) is 8.74 Å².